The van der Waals surface area contributed by atoms with Crippen LogP contribution in [0.15, 0.2) is 6.20 Å². The van der Waals surface area contributed by atoms with Crippen LogP contribution in [0.4, 0.5) is 0 Å². The number of ether oxygens (including phenoxy) is 1. The van der Waals surface area contributed by atoms with Gasteiger partial charge < -0.3 is 9.84 Å². The average Bonchev–Trinajstić information content (AvgIpc) is 2.49. The van der Waals surface area contributed by atoms with E-state index in [1.165, 1.54) is 0 Å². The predicted molar refractivity (Wildman–Crippen MR) is 45.2 cm³/mol. The van der Waals surface area contributed by atoms with Crippen LogP contribution in [-0.4, -0.2) is 38.9 Å². The second kappa shape index (κ2) is 3.08. The number of aryl methyl sites for hydroxylation is 1. The van der Waals surface area contributed by atoms with Gasteiger partial charge in [-0.3, -0.25) is 0 Å². The van der Waals surface area contributed by atoms with Crippen molar-refractivity contribution in [2.45, 2.75) is 25.5 Å². The molecule has 0 aliphatic carbocycles. The van der Waals surface area contributed by atoms with Crippen molar-refractivity contribution in [2.24, 2.45) is 0 Å². The summed E-state index contributed by atoms with van der Waals surface area (Å²) in [6, 6.07) is 0. The fraction of sp³-hybridized carbons (Fsp3) is 0.750. The summed E-state index contributed by atoms with van der Waals surface area (Å²) >= 11 is 0. The molecule has 0 aromatic carbocycles. The summed E-state index contributed by atoms with van der Waals surface area (Å²) in [5.41, 5.74) is 0.225. The fourth-order valence-electron chi connectivity index (χ4n) is 1.31. The highest BCUT2D eigenvalue weighted by Gasteiger charge is 2.36. The lowest BCUT2D eigenvalue weighted by atomic mass is 10.0. The molecule has 1 aromatic rings. The van der Waals surface area contributed by atoms with E-state index in [0.29, 0.717) is 19.8 Å². The number of aliphatic hydroxyl groups is 1. The third kappa shape index (κ3) is 1.71. The van der Waals surface area contributed by atoms with E-state index >= 15 is 0 Å². The Bertz CT molecular complexity index is 293. The smallest absolute Gasteiger partial charge is 0.131 e. The summed E-state index contributed by atoms with van der Waals surface area (Å²) in [6.07, 6.45) is 2.73. The average molecular weight is 183 g/mol. The van der Waals surface area contributed by atoms with Crippen molar-refractivity contribution in [1.82, 2.24) is 15.0 Å². The van der Waals surface area contributed by atoms with Crippen LogP contribution in [0.5, 0.6) is 0 Å². The number of hydrogen-bond donors (Lipinski definition) is 1. The second-order valence-electron chi connectivity index (χ2n) is 3.48. The molecule has 0 radical (unpaired) electrons. The lowest BCUT2D eigenvalue weighted by molar-refractivity contribution is -0.186. The molecule has 0 atom stereocenters. The molecule has 0 unspecified atom stereocenters. The summed E-state index contributed by atoms with van der Waals surface area (Å²) < 4.78 is 6.60. The van der Waals surface area contributed by atoms with Gasteiger partial charge in [0, 0.05) is 6.20 Å². The highest BCUT2D eigenvalue weighted by molar-refractivity contribution is 4.93. The maximum atomic E-state index is 9.73. The standard InChI is InChI=1S/C8H13N3O2/c1-2-7-3-11(10-9-7)4-8(12)5-13-6-8/h3,12H,2,4-6H2,1H3. The molecule has 5 heteroatoms. The Morgan fingerprint density at radius 1 is 1.69 bits per heavy atom. The minimum atomic E-state index is -0.724. The van der Waals surface area contributed by atoms with E-state index in [1.54, 1.807) is 4.68 Å². The van der Waals surface area contributed by atoms with Gasteiger partial charge in [-0.1, -0.05) is 12.1 Å². The Labute approximate surface area is 76.3 Å². The normalized spacial score (nSPS) is 19.8. The van der Waals surface area contributed by atoms with Gasteiger partial charge in [-0.2, -0.15) is 0 Å². The van der Waals surface area contributed by atoms with Crippen LogP contribution in [0.2, 0.25) is 0 Å². The van der Waals surface area contributed by atoms with Crippen molar-refractivity contribution in [3.8, 4) is 0 Å². The van der Waals surface area contributed by atoms with Crippen molar-refractivity contribution in [3.63, 3.8) is 0 Å². The van der Waals surface area contributed by atoms with Gasteiger partial charge in [0.15, 0.2) is 0 Å². The summed E-state index contributed by atoms with van der Waals surface area (Å²) in [5.74, 6) is 0. The van der Waals surface area contributed by atoms with Crippen LogP contribution >= 0.6 is 0 Å². The van der Waals surface area contributed by atoms with Crippen LogP contribution in [0.25, 0.3) is 0 Å². The highest BCUT2D eigenvalue weighted by atomic mass is 16.5. The highest BCUT2D eigenvalue weighted by Crippen LogP contribution is 2.18. The van der Waals surface area contributed by atoms with Crippen molar-refractivity contribution in [3.05, 3.63) is 11.9 Å². The molecule has 2 rings (SSSR count). The van der Waals surface area contributed by atoms with Crippen molar-refractivity contribution < 1.29 is 9.84 Å². The first-order chi connectivity index (χ1) is 6.22. The molecule has 1 aromatic heterocycles. The number of aromatic nitrogens is 3. The monoisotopic (exact) mass is 183 g/mol. The minimum Gasteiger partial charge on any atom is -0.383 e. The Balaban J connectivity index is 2.01. The summed E-state index contributed by atoms with van der Waals surface area (Å²) in [7, 11) is 0. The van der Waals surface area contributed by atoms with Crippen molar-refractivity contribution in [1.29, 1.82) is 0 Å². The molecular weight excluding hydrogens is 170 g/mol. The van der Waals surface area contributed by atoms with Gasteiger partial charge in [-0.05, 0) is 6.42 Å². The largest absolute Gasteiger partial charge is 0.383 e. The summed E-state index contributed by atoms with van der Waals surface area (Å²) in [6.45, 7) is 3.29. The molecule has 5 nitrogen and oxygen atoms in total. The molecule has 1 saturated heterocycles. The molecule has 1 fully saturated rings. The lowest BCUT2D eigenvalue weighted by Crippen LogP contribution is -2.52. The van der Waals surface area contributed by atoms with Gasteiger partial charge in [-0.15, -0.1) is 5.10 Å². The van der Waals surface area contributed by atoms with E-state index in [1.807, 2.05) is 13.1 Å². The zero-order chi connectivity index (χ0) is 9.31. The molecule has 0 saturated carbocycles. The van der Waals surface area contributed by atoms with Crippen molar-refractivity contribution >= 4 is 0 Å². The second-order valence-corrected chi connectivity index (χ2v) is 3.48. The van der Waals surface area contributed by atoms with E-state index in [2.05, 4.69) is 10.3 Å². The maximum Gasteiger partial charge on any atom is 0.131 e. The van der Waals surface area contributed by atoms with Gasteiger partial charge >= 0.3 is 0 Å². The number of hydrogen-bond acceptors (Lipinski definition) is 4. The minimum absolute atomic E-state index is 0.397. The van der Waals surface area contributed by atoms with Gasteiger partial charge in [0.25, 0.3) is 0 Å². The first-order valence-electron chi connectivity index (χ1n) is 4.41. The third-order valence-electron chi connectivity index (χ3n) is 2.15. The van der Waals surface area contributed by atoms with Gasteiger partial charge in [0.05, 0.1) is 25.5 Å². The lowest BCUT2D eigenvalue weighted by Gasteiger charge is -2.35. The summed E-state index contributed by atoms with van der Waals surface area (Å²) in [4.78, 5) is 0. The van der Waals surface area contributed by atoms with Crippen LogP contribution in [0, 0.1) is 0 Å². The third-order valence-corrected chi connectivity index (χ3v) is 2.15. The van der Waals surface area contributed by atoms with Crippen LogP contribution in [0.3, 0.4) is 0 Å². The molecule has 0 amide bonds. The molecule has 13 heavy (non-hydrogen) atoms. The van der Waals surface area contributed by atoms with E-state index < -0.39 is 5.60 Å². The van der Waals surface area contributed by atoms with Crippen LogP contribution in [-0.2, 0) is 17.7 Å². The number of rotatable bonds is 3. The van der Waals surface area contributed by atoms with Gasteiger partial charge in [-0.25, -0.2) is 4.68 Å². The Kier molecular flexibility index (Phi) is 2.05. The Morgan fingerprint density at radius 2 is 2.46 bits per heavy atom. The molecule has 2 heterocycles. The first-order valence-corrected chi connectivity index (χ1v) is 4.41. The number of nitrogens with zero attached hydrogens (tertiary/aromatic N) is 3. The van der Waals surface area contributed by atoms with E-state index in [4.69, 9.17) is 4.74 Å². The Morgan fingerprint density at radius 3 is 2.92 bits per heavy atom. The molecule has 1 N–H and O–H groups in total. The van der Waals surface area contributed by atoms with E-state index in [-0.39, 0.29) is 0 Å². The SMILES string of the molecule is CCc1cn(CC2(O)COC2)nn1. The predicted octanol–water partition coefficient (Wildman–Crippen LogP) is -0.398. The van der Waals surface area contributed by atoms with E-state index in [0.717, 1.165) is 12.1 Å². The molecular formula is C8H13N3O2. The zero-order valence-electron chi connectivity index (χ0n) is 7.60. The first kappa shape index (κ1) is 8.65. The van der Waals surface area contributed by atoms with Gasteiger partial charge in [0.2, 0.25) is 0 Å². The Hall–Kier alpha value is -0.940. The van der Waals surface area contributed by atoms with Gasteiger partial charge in [0.1, 0.15) is 5.60 Å². The molecule has 1 aliphatic rings. The summed E-state index contributed by atoms with van der Waals surface area (Å²) in [5, 5.41) is 17.6. The molecule has 0 bridgehead atoms. The zero-order valence-corrected chi connectivity index (χ0v) is 7.60. The van der Waals surface area contributed by atoms with Crippen molar-refractivity contribution in [2.75, 3.05) is 13.2 Å². The molecule has 72 valence electrons. The maximum absolute atomic E-state index is 9.73. The quantitative estimate of drug-likeness (QED) is 0.692. The molecule has 0 spiro atoms. The van der Waals surface area contributed by atoms with Crippen LogP contribution < -0.4 is 0 Å². The topological polar surface area (TPSA) is 60.2 Å². The van der Waals surface area contributed by atoms with Crippen LogP contribution in [0.1, 0.15) is 12.6 Å². The molecule has 1 aliphatic heterocycles. The fourth-order valence-corrected chi connectivity index (χ4v) is 1.31. The van der Waals surface area contributed by atoms with E-state index in [9.17, 15) is 5.11 Å².